The van der Waals surface area contributed by atoms with Gasteiger partial charge in [-0.05, 0) is 77.4 Å². The van der Waals surface area contributed by atoms with Gasteiger partial charge >= 0.3 is 0 Å². The van der Waals surface area contributed by atoms with Crippen LogP contribution in [0.5, 0.6) is 0 Å². The third-order valence-corrected chi connectivity index (χ3v) is 6.86. The lowest BCUT2D eigenvalue weighted by Crippen LogP contribution is -2.40. The molecule has 13 nitrogen and oxygen atoms in total. The van der Waals surface area contributed by atoms with Crippen LogP contribution >= 0.6 is 11.6 Å². The Morgan fingerprint density at radius 3 is 2.64 bits per heavy atom. The van der Waals surface area contributed by atoms with Crippen LogP contribution in [-0.4, -0.2) is 71.8 Å². The second-order valence-electron chi connectivity index (χ2n) is 9.83. The zero-order valence-corrected chi connectivity index (χ0v) is 24.4. The number of benzene rings is 3. The lowest BCUT2D eigenvalue weighted by Gasteiger charge is -2.20. The van der Waals surface area contributed by atoms with Crippen molar-refractivity contribution in [2.24, 2.45) is 0 Å². The number of aryl methyl sites for hydroxylation is 1. The summed E-state index contributed by atoms with van der Waals surface area (Å²) in [6, 6.07) is 22.2. The number of aromatic amines is 1. The van der Waals surface area contributed by atoms with E-state index in [1.165, 1.54) is 17.1 Å². The van der Waals surface area contributed by atoms with Gasteiger partial charge in [-0.25, -0.2) is 0 Å². The van der Waals surface area contributed by atoms with E-state index in [2.05, 4.69) is 52.1 Å². The van der Waals surface area contributed by atoms with Crippen molar-refractivity contribution < 1.29 is 9.59 Å². The third kappa shape index (κ3) is 8.79. The number of aromatic nitrogens is 8. The Hall–Kier alpha value is -5.43. The number of tetrazole rings is 2. The van der Waals surface area contributed by atoms with Crippen molar-refractivity contribution in [3.05, 3.63) is 113 Å². The normalized spacial score (nSPS) is 11.8. The zero-order chi connectivity index (χ0) is 30.6. The molecule has 4 N–H and O–H groups in total. The molecule has 3 aromatic carbocycles. The first-order valence-electron chi connectivity index (χ1n) is 13.9. The quantitative estimate of drug-likeness (QED) is 0.109. The van der Waals surface area contributed by atoms with E-state index in [1.54, 1.807) is 36.4 Å². The molecule has 0 bridgehead atoms. The molecule has 44 heavy (non-hydrogen) atoms. The van der Waals surface area contributed by atoms with Crippen molar-refractivity contribution in [2.75, 3.05) is 18.4 Å². The molecule has 0 aliphatic heterocycles. The van der Waals surface area contributed by atoms with Crippen molar-refractivity contribution in [1.29, 1.82) is 0 Å². The van der Waals surface area contributed by atoms with E-state index in [0.29, 0.717) is 60.0 Å². The number of carbonyl (C=O) groups is 2. The van der Waals surface area contributed by atoms with Crippen molar-refractivity contribution in [2.45, 2.75) is 25.3 Å². The molecule has 5 aromatic rings. The Balaban J connectivity index is 1.18. The first kappa shape index (κ1) is 30.0. The van der Waals surface area contributed by atoms with E-state index in [-0.39, 0.29) is 17.9 Å². The molecule has 0 spiro atoms. The van der Waals surface area contributed by atoms with Gasteiger partial charge in [-0.2, -0.15) is 9.90 Å². The number of H-pyrrole nitrogens is 1. The fourth-order valence-corrected chi connectivity index (χ4v) is 4.63. The van der Waals surface area contributed by atoms with Gasteiger partial charge in [0, 0.05) is 47.4 Å². The van der Waals surface area contributed by atoms with E-state index in [0.717, 1.165) is 11.3 Å². The average molecular weight is 612 g/mol. The van der Waals surface area contributed by atoms with Crippen LogP contribution < -0.4 is 16.0 Å². The highest BCUT2D eigenvalue weighted by Gasteiger charge is 2.13. The fourth-order valence-electron chi connectivity index (χ4n) is 4.45. The van der Waals surface area contributed by atoms with Crippen LogP contribution in [0.25, 0.3) is 11.8 Å². The van der Waals surface area contributed by atoms with Gasteiger partial charge in [-0.1, -0.05) is 47.1 Å². The van der Waals surface area contributed by atoms with E-state index in [9.17, 15) is 9.59 Å². The maximum absolute atomic E-state index is 13.0. The number of amides is 2. The van der Waals surface area contributed by atoms with Gasteiger partial charge in [0.2, 0.25) is 5.91 Å². The molecule has 5 rings (SSSR count). The number of rotatable bonds is 14. The molecule has 0 saturated carbocycles. The minimum absolute atomic E-state index is 0.159. The Labute approximate surface area is 258 Å². The maximum Gasteiger partial charge on any atom is 0.251 e. The minimum Gasteiger partial charge on any atom is -0.383 e. The second kappa shape index (κ2) is 15.2. The molecule has 2 amide bonds. The summed E-state index contributed by atoms with van der Waals surface area (Å²) in [5.41, 5.74) is 3.84. The van der Waals surface area contributed by atoms with Crippen LogP contribution in [0.4, 0.5) is 5.69 Å². The standard InChI is InChI=1S/C30H30ClN11O2/c31-24-11-14-27(42-20-34-38-41-42)23(18-24)10-15-29(43)35-26(17-21-5-2-1-3-6-21)19-33-25-12-8-22(9-13-25)30(44)32-16-4-7-28-36-39-40-37-28/h1-3,5-6,8-15,18,20,26,33H,4,7,16-17,19H2,(H,32,44)(H,35,43)(H,36,37,39,40)/b15-10+. The van der Waals surface area contributed by atoms with Crippen LogP contribution in [0.15, 0.2) is 85.2 Å². The SMILES string of the molecule is O=C(/C=C/c1cc(Cl)ccc1-n1cnnn1)NC(CNc1ccc(C(=O)NCCCc2nn[nH]n2)cc1)Cc1ccccc1. The first-order valence-corrected chi connectivity index (χ1v) is 14.3. The summed E-state index contributed by atoms with van der Waals surface area (Å²) in [6.07, 6.45) is 6.56. The Bertz CT molecular complexity index is 1660. The number of carbonyl (C=O) groups excluding carboxylic acids is 2. The predicted octanol–water partition coefficient (Wildman–Crippen LogP) is 3.04. The van der Waals surface area contributed by atoms with Crippen molar-refractivity contribution in [3.8, 4) is 5.69 Å². The topological polar surface area (TPSA) is 168 Å². The van der Waals surface area contributed by atoms with E-state index in [1.807, 2.05) is 42.5 Å². The number of nitrogens with one attached hydrogen (secondary N) is 4. The van der Waals surface area contributed by atoms with Crippen LogP contribution in [0, 0.1) is 0 Å². The Morgan fingerprint density at radius 2 is 1.89 bits per heavy atom. The van der Waals surface area contributed by atoms with Gasteiger partial charge < -0.3 is 16.0 Å². The summed E-state index contributed by atoms with van der Waals surface area (Å²) in [6.45, 7) is 0.960. The molecule has 0 fully saturated rings. The number of anilines is 1. The monoisotopic (exact) mass is 611 g/mol. The Morgan fingerprint density at radius 1 is 1.05 bits per heavy atom. The summed E-state index contributed by atoms with van der Waals surface area (Å²) in [7, 11) is 0. The maximum atomic E-state index is 13.0. The molecular formula is C30H30ClN11O2. The van der Waals surface area contributed by atoms with E-state index < -0.39 is 0 Å². The van der Waals surface area contributed by atoms with Crippen molar-refractivity contribution in [1.82, 2.24) is 51.5 Å². The van der Waals surface area contributed by atoms with Gasteiger partial charge in [-0.15, -0.1) is 15.3 Å². The molecule has 2 heterocycles. The lowest BCUT2D eigenvalue weighted by molar-refractivity contribution is -0.117. The highest BCUT2D eigenvalue weighted by atomic mass is 35.5. The summed E-state index contributed by atoms with van der Waals surface area (Å²) >= 11 is 6.21. The van der Waals surface area contributed by atoms with Crippen molar-refractivity contribution >= 4 is 35.2 Å². The van der Waals surface area contributed by atoms with Gasteiger partial charge in [0.25, 0.3) is 5.91 Å². The molecular weight excluding hydrogens is 582 g/mol. The second-order valence-corrected chi connectivity index (χ2v) is 10.3. The molecule has 224 valence electrons. The van der Waals surface area contributed by atoms with Crippen LogP contribution in [0.2, 0.25) is 5.02 Å². The van der Waals surface area contributed by atoms with E-state index in [4.69, 9.17) is 11.6 Å². The molecule has 14 heteroatoms. The first-order chi connectivity index (χ1) is 21.5. The Kier molecular flexibility index (Phi) is 10.4. The molecule has 0 saturated heterocycles. The molecule has 2 aromatic heterocycles. The summed E-state index contributed by atoms with van der Waals surface area (Å²) in [5, 5.41) is 34.9. The minimum atomic E-state index is -0.262. The van der Waals surface area contributed by atoms with Crippen LogP contribution in [-0.2, 0) is 17.6 Å². The average Bonchev–Trinajstić information content (AvgIpc) is 3.77. The number of nitrogens with zero attached hydrogens (tertiary/aromatic N) is 7. The van der Waals surface area contributed by atoms with Gasteiger partial charge in [-0.3, -0.25) is 9.59 Å². The smallest absolute Gasteiger partial charge is 0.251 e. The molecule has 0 radical (unpaired) electrons. The van der Waals surface area contributed by atoms with Crippen LogP contribution in [0.1, 0.15) is 33.7 Å². The van der Waals surface area contributed by atoms with Gasteiger partial charge in [0.15, 0.2) is 5.82 Å². The number of halogens is 1. The van der Waals surface area contributed by atoms with E-state index >= 15 is 0 Å². The van der Waals surface area contributed by atoms with Gasteiger partial charge in [0.1, 0.15) is 6.33 Å². The van der Waals surface area contributed by atoms with Crippen molar-refractivity contribution in [3.63, 3.8) is 0 Å². The largest absolute Gasteiger partial charge is 0.383 e. The summed E-state index contributed by atoms with van der Waals surface area (Å²) in [4.78, 5) is 25.6. The lowest BCUT2D eigenvalue weighted by atomic mass is 10.1. The zero-order valence-electron chi connectivity index (χ0n) is 23.6. The third-order valence-electron chi connectivity index (χ3n) is 6.62. The van der Waals surface area contributed by atoms with Crippen LogP contribution in [0.3, 0.4) is 0 Å². The summed E-state index contributed by atoms with van der Waals surface area (Å²) < 4.78 is 1.50. The summed E-state index contributed by atoms with van der Waals surface area (Å²) in [5.74, 6) is 0.193. The predicted molar refractivity (Wildman–Crippen MR) is 165 cm³/mol. The number of hydrogen-bond acceptors (Lipinski definition) is 9. The molecule has 0 aliphatic carbocycles. The highest BCUT2D eigenvalue weighted by molar-refractivity contribution is 6.30. The number of hydrogen-bond donors (Lipinski definition) is 4. The molecule has 1 unspecified atom stereocenters. The highest BCUT2D eigenvalue weighted by Crippen LogP contribution is 2.20. The molecule has 0 aliphatic rings. The molecule has 1 atom stereocenters. The van der Waals surface area contributed by atoms with Gasteiger partial charge in [0.05, 0.1) is 11.7 Å². The fraction of sp³-hybridized carbons (Fsp3) is 0.200.